The predicted molar refractivity (Wildman–Crippen MR) is 67.9 cm³/mol. The van der Waals surface area contributed by atoms with Gasteiger partial charge < -0.3 is 14.8 Å². The minimum Gasteiger partial charge on any atom is -0.355 e. The van der Waals surface area contributed by atoms with Crippen LogP contribution in [-0.4, -0.2) is 26.0 Å². The average molecular weight is 235 g/mol. The molecule has 2 atom stereocenters. The molecule has 1 aromatic rings. The summed E-state index contributed by atoms with van der Waals surface area (Å²) in [5, 5.41) is 3.51. The second kappa shape index (κ2) is 6.15. The van der Waals surface area contributed by atoms with Crippen molar-refractivity contribution >= 4 is 0 Å². The Hall–Kier alpha value is -0.900. The monoisotopic (exact) mass is 235 g/mol. The lowest BCUT2D eigenvalue weighted by atomic mass is 10.1. The fourth-order valence-electron chi connectivity index (χ4n) is 1.94. The summed E-state index contributed by atoms with van der Waals surface area (Å²) in [5.74, 6) is 0. The third-order valence-electron chi connectivity index (χ3n) is 3.20. The van der Waals surface area contributed by atoms with Crippen molar-refractivity contribution in [2.45, 2.75) is 32.4 Å². The van der Waals surface area contributed by atoms with Crippen LogP contribution >= 0.6 is 0 Å². The van der Waals surface area contributed by atoms with E-state index in [2.05, 4.69) is 43.4 Å². The van der Waals surface area contributed by atoms with E-state index in [-0.39, 0.29) is 6.10 Å². The third-order valence-corrected chi connectivity index (χ3v) is 3.20. The molecule has 0 aromatic heterocycles. The van der Waals surface area contributed by atoms with Gasteiger partial charge in [0.1, 0.15) is 6.79 Å². The minimum atomic E-state index is 0.289. The van der Waals surface area contributed by atoms with Gasteiger partial charge in [0.25, 0.3) is 0 Å². The first kappa shape index (κ1) is 12.6. The van der Waals surface area contributed by atoms with Crippen molar-refractivity contribution in [2.75, 3.05) is 19.9 Å². The first-order valence-electron chi connectivity index (χ1n) is 6.25. The molecule has 3 nitrogen and oxygen atoms in total. The molecule has 1 aromatic carbocycles. The van der Waals surface area contributed by atoms with Gasteiger partial charge in [0, 0.05) is 12.6 Å². The third kappa shape index (κ3) is 3.80. The Kier molecular flexibility index (Phi) is 4.54. The molecular formula is C14H21NO2. The molecule has 1 saturated heterocycles. The highest BCUT2D eigenvalue weighted by molar-refractivity contribution is 5.23. The summed E-state index contributed by atoms with van der Waals surface area (Å²) in [5.41, 5.74) is 2.62. The number of ether oxygens (including phenoxy) is 2. The van der Waals surface area contributed by atoms with Gasteiger partial charge in [-0.1, -0.05) is 29.8 Å². The normalized spacial score (nSPS) is 22.4. The summed E-state index contributed by atoms with van der Waals surface area (Å²) in [7, 11) is 0. The van der Waals surface area contributed by atoms with Gasteiger partial charge in [-0.15, -0.1) is 0 Å². The van der Waals surface area contributed by atoms with Crippen molar-refractivity contribution in [1.29, 1.82) is 0 Å². The van der Waals surface area contributed by atoms with Crippen molar-refractivity contribution in [1.82, 2.24) is 5.32 Å². The Labute approximate surface area is 103 Å². The van der Waals surface area contributed by atoms with E-state index in [4.69, 9.17) is 9.47 Å². The van der Waals surface area contributed by atoms with E-state index in [1.165, 1.54) is 11.1 Å². The Bertz CT molecular complexity index is 331. The Balaban J connectivity index is 1.80. The number of rotatable bonds is 4. The second-order valence-corrected chi connectivity index (χ2v) is 4.64. The largest absolute Gasteiger partial charge is 0.355 e. The van der Waals surface area contributed by atoms with Crippen LogP contribution in [0.15, 0.2) is 24.3 Å². The van der Waals surface area contributed by atoms with E-state index in [0.717, 1.165) is 19.6 Å². The summed E-state index contributed by atoms with van der Waals surface area (Å²) in [4.78, 5) is 0. The van der Waals surface area contributed by atoms with Crippen LogP contribution in [0.25, 0.3) is 0 Å². The maximum atomic E-state index is 5.50. The fraction of sp³-hybridized carbons (Fsp3) is 0.571. The molecule has 2 rings (SSSR count). The molecule has 0 amide bonds. The summed E-state index contributed by atoms with van der Waals surface area (Å²) in [6, 6.07) is 9.02. The van der Waals surface area contributed by atoms with Crippen molar-refractivity contribution in [3.05, 3.63) is 35.4 Å². The van der Waals surface area contributed by atoms with Gasteiger partial charge in [-0.25, -0.2) is 0 Å². The van der Waals surface area contributed by atoms with Crippen LogP contribution < -0.4 is 5.32 Å². The molecule has 0 saturated carbocycles. The number of hydrogen-bond acceptors (Lipinski definition) is 3. The summed E-state index contributed by atoms with van der Waals surface area (Å²) in [6.07, 6.45) is 1.27. The van der Waals surface area contributed by atoms with Crippen LogP contribution in [0.1, 0.15) is 30.5 Å². The lowest BCUT2D eigenvalue weighted by Crippen LogP contribution is -2.35. The molecule has 1 aliphatic heterocycles. The number of hydrogen-bond donors (Lipinski definition) is 1. The molecule has 94 valence electrons. The molecule has 0 spiro atoms. The van der Waals surface area contributed by atoms with E-state index in [0.29, 0.717) is 12.8 Å². The van der Waals surface area contributed by atoms with Crippen molar-refractivity contribution < 1.29 is 9.47 Å². The molecule has 1 fully saturated rings. The quantitative estimate of drug-likeness (QED) is 0.869. The highest BCUT2D eigenvalue weighted by Crippen LogP contribution is 2.14. The Morgan fingerprint density at radius 2 is 2.12 bits per heavy atom. The summed E-state index contributed by atoms with van der Waals surface area (Å²) >= 11 is 0. The highest BCUT2D eigenvalue weighted by Gasteiger charge is 2.15. The Morgan fingerprint density at radius 3 is 2.76 bits per heavy atom. The van der Waals surface area contributed by atoms with Crippen LogP contribution in [0.2, 0.25) is 0 Å². The van der Waals surface area contributed by atoms with Crippen LogP contribution in [0.3, 0.4) is 0 Å². The average Bonchev–Trinajstić information content (AvgIpc) is 2.38. The molecule has 0 radical (unpaired) electrons. The molecule has 1 aliphatic rings. The van der Waals surface area contributed by atoms with Crippen LogP contribution in [0, 0.1) is 6.92 Å². The van der Waals surface area contributed by atoms with E-state index in [9.17, 15) is 0 Å². The summed E-state index contributed by atoms with van der Waals surface area (Å²) < 4.78 is 10.7. The Morgan fingerprint density at radius 1 is 1.35 bits per heavy atom. The molecule has 1 unspecified atom stereocenters. The van der Waals surface area contributed by atoms with E-state index < -0.39 is 0 Å². The van der Waals surface area contributed by atoms with Gasteiger partial charge >= 0.3 is 0 Å². The number of benzene rings is 1. The molecule has 1 N–H and O–H groups in total. The molecular weight excluding hydrogens is 214 g/mol. The first-order valence-corrected chi connectivity index (χ1v) is 6.25. The molecule has 1 heterocycles. The second-order valence-electron chi connectivity index (χ2n) is 4.64. The smallest absolute Gasteiger partial charge is 0.147 e. The van der Waals surface area contributed by atoms with Crippen LogP contribution in [0.4, 0.5) is 0 Å². The minimum absolute atomic E-state index is 0.289. The zero-order chi connectivity index (χ0) is 12.1. The van der Waals surface area contributed by atoms with Gasteiger partial charge in [0.2, 0.25) is 0 Å². The van der Waals surface area contributed by atoms with E-state index in [1.807, 2.05) is 0 Å². The number of aryl methyl sites for hydroxylation is 1. The lowest BCUT2D eigenvalue weighted by Gasteiger charge is -2.25. The zero-order valence-electron chi connectivity index (χ0n) is 10.6. The molecule has 3 heteroatoms. The maximum Gasteiger partial charge on any atom is 0.147 e. The van der Waals surface area contributed by atoms with Gasteiger partial charge in [-0.05, 0) is 25.8 Å². The zero-order valence-corrected chi connectivity index (χ0v) is 10.6. The van der Waals surface area contributed by atoms with Crippen molar-refractivity contribution in [3.8, 4) is 0 Å². The van der Waals surface area contributed by atoms with Gasteiger partial charge in [0.15, 0.2) is 0 Å². The van der Waals surface area contributed by atoms with Crippen molar-refractivity contribution in [2.24, 2.45) is 0 Å². The SMILES string of the molecule is Cc1ccc([C@H](C)NCC2CCOCO2)cc1. The van der Waals surface area contributed by atoms with Gasteiger partial charge in [-0.3, -0.25) is 0 Å². The van der Waals surface area contributed by atoms with Gasteiger partial charge in [-0.2, -0.15) is 0 Å². The van der Waals surface area contributed by atoms with E-state index in [1.54, 1.807) is 0 Å². The molecule has 17 heavy (non-hydrogen) atoms. The maximum absolute atomic E-state index is 5.50. The lowest BCUT2D eigenvalue weighted by molar-refractivity contribution is -0.137. The van der Waals surface area contributed by atoms with Gasteiger partial charge in [0.05, 0.1) is 12.7 Å². The first-order chi connectivity index (χ1) is 8.25. The predicted octanol–water partition coefficient (Wildman–Crippen LogP) is 2.41. The molecule has 0 bridgehead atoms. The summed E-state index contributed by atoms with van der Waals surface area (Å²) in [6.45, 7) is 6.43. The molecule has 0 aliphatic carbocycles. The van der Waals surface area contributed by atoms with Crippen LogP contribution in [-0.2, 0) is 9.47 Å². The van der Waals surface area contributed by atoms with E-state index >= 15 is 0 Å². The topological polar surface area (TPSA) is 30.5 Å². The fourth-order valence-corrected chi connectivity index (χ4v) is 1.94. The standard InChI is InChI=1S/C14H21NO2/c1-11-3-5-13(6-4-11)12(2)15-9-14-7-8-16-10-17-14/h3-6,12,14-15H,7-10H2,1-2H3/t12-,14?/m0/s1. The highest BCUT2D eigenvalue weighted by atomic mass is 16.7. The van der Waals surface area contributed by atoms with Crippen LogP contribution in [0.5, 0.6) is 0 Å². The number of nitrogens with one attached hydrogen (secondary N) is 1. The van der Waals surface area contributed by atoms with Crippen molar-refractivity contribution in [3.63, 3.8) is 0 Å².